The van der Waals surface area contributed by atoms with Crippen molar-refractivity contribution in [1.82, 2.24) is 10.2 Å². The summed E-state index contributed by atoms with van der Waals surface area (Å²) in [6.45, 7) is 1.88. The molecule has 2 heterocycles. The number of barbiturate groups is 1. The van der Waals surface area contributed by atoms with Crippen LogP contribution in [-0.4, -0.2) is 47.8 Å². The van der Waals surface area contributed by atoms with Gasteiger partial charge in [0.2, 0.25) is 0 Å². The third kappa shape index (κ3) is 4.04. The normalized spacial score (nSPS) is 21.7. The number of hydrogen-bond acceptors (Lipinski definition) is 4. The van der Waals surface area contributed by atoms with Crippen LogP contribution in [0, 0.1) is 0 Å². The molecular weight excluding hydrogens is 390 g/mol. The zero-order chi connectivity index (χ0) is 20.4. The molecule has 4 amide bonds. The van der Waals surface area contributed by atoms with E-state index in [1.165, 1.54) is 16.2 Å². The second kappa shape index (κ2) is 8.57. The number of carbonyl (C=O) groups excluding carboxylic acids is 3. The second-order valence-corrected chi connectivity index (χ2v) is 8.33. The lowest BCUT2D eigenvalue weighted by molar-refractivity contribution is -0.132. The molecule has 0 aromatic heterocycles. The number of rotatable bonds is 5. The molecule has 0 bridgehead atoms. The van der Waals surface area contributed by atoms with Gasteiger partial charge in [-0.25, -0.2) is 4.79 Å². The first-order chi connectivity index (χ1) is 14.1. The van der Waals surface area contributed by atoms with Crippen LogP contribution in [0.1, 0.15) is 49.7 Å². The molecule has 2 fully saturated rings. The number of nitrogens with zero attached hydrogens (tertiary/aromatic N) is 2. The van der Waals surface area contributed by atoms with Crippen molar-refractivity contribution in [3.63, 3.8) is 0 Å². The smallest absolute Gasteiger partial charge is 0.331 e. The van der Waals surface area contributed by atoms with Crippen LogP contribution in [0.3, 0.4) is 0 Å². The van der Waals surface area contributed by atoms with Crippen LogP contribution >= 0.6 is 11.6 Å². The van der Waals surface area contributed by atoms with Gasteiger partial charge in [0.05, 0.1) is 0 Å². The topological polar surface area (TPSA) is 69.7 Å². The number of fused-ring (bicyclic) bond motifs is 1. The van der Waals surface area contributed by atoms with Gasteiger partial charge in [-0.05, 0) is 55.0 Å². The van der Waals surface area contributed by atoms with Crippen LogP contribution in [0.4, 0.5) is 10.5 Å². The molecule has 3 aliphatic rings. The Labute approximate surface area is 175 Å². The average Bonchev–Trinajstić information content (AvgIpc) is 3.12. The molecule has 4 rings (SSSR count). The van der Waals surface area contributed by atoms with Crippen molar-refractivity contribution < 1.29 is 14.4 Å². The standard InChI is InChI=1S/C22H26ClN3O3/c23-10-4-11-25-12-9-16-13-15(7-8-19(16)25)14-18-20(27)24-22(29)26(21(18)28)17-5-2-1-3-6-17/h7-8,13-14,17H,1-6,9-12H2,(H,24,27,29)/b18-14-. The fraction of sp³-hybridized carbons (Fsp3) is 0.500. The summed E-state index contributed by atoms with van der Waals surface area (Å²) in [6.07, 6.45) is 8.21. The maximum absolute atomic E-state index is 13.0. The van der Waals surface area contributed by atoms with Gasteiger partial charge < -0.3 is 4.90 Å². The maximum Gasteiger partial charge on any atom is 0.331 e. The lowest BCUT2D eigenvalue weighted by Crippen LogP contribution is -2.58. The number of carbonyl (C=O) groups is 3. The fourth-order valence-corrected chi connectivity index (χ4v) is 4.69. The summed E-state index contributed by atoms with van der Waals surface area (Å²) in [4.78, 5) is 41.3. The highest BCUT2D eigenvalue weighted by molar-refractivity contribution is 6.31. The molecule has 0 radical (unpaired) electrons. The van der Waals surface area contributed by atoms with Crippen LogP contribution in [0.5, 0.6) is 0 Å². The highest BCUT2D eigenvalue weighted by Crippen LogP contribution is 2.31. The third-order valence-electron chi connectivity index (χ3n) is 6.04. The largest absolute Gasteiger partial charge is 0.371 e. The minimum Gasteiger partial charge on any atom is -0.371 e. The lowest BCUT2D eigenvalue weighted by atomic mass is 9.93. The molecule has 6 nitrogen and oxygen atoms in total. The zero-order valence-electron chi connectivity index (χ0n) is 16.5. The first-order valence-corrected chi connectivity index (χ1v) is 11.0. The number of halogens is 1. The molecule has 29 heavy (non-hydrogen) atoms. The molecule has 1 aromatic rings. The van der Waals surface area contributed by atoms with Gasteiger partial charge in [-0.15, -0.1) is 11.6 Å². The summed E-state index contributed by atoms with van der Waals surface area (Å²) in [7, 11) is 0. The van der Waals surface area contributed by atoms with E-state index in [1.807, 2.05) is 18.2 Å². The Morgan fingerprint density at radius 3 is 2.69 bits per heavy atom. The Balaban J connectivity index is 1.57. The van der Waals surface area contributed by atoms with Crippen LogP contribution in [0.2, 0.25) is 0 Å². The molecule has 154 valence electrons. The van der Waals surface area contributed by atoms with E-state index >= 15 is 0 Å². The van der Waals surface area contributed by atoms with Gasteiger partial charge in [0.15, 0.2) is 0 Å². The van der Waals surface area contributed by atoms with E-state index < -0.39 is 17.8 Å². The minimum atomic E-state index is -0.615. The maximum atomic E-state index is 13.0. The number of urea groups is 1. The summed E-state index contributed by atoms with van der Waals surface area (Å²) in [5, 5.41) is 2.35. The summed E-state index contributed by atoms with van der Waals surface area (Å²) in [6, 6.07) is 5.28. The van der Waals surface area contributed by atoms with E-state index in [9.17, 15) is 14.4 Å². The predicted octanol–water partition coefficient (Wildman–Crippen LogP) is 3.47. The molecule has 1 aliphatic carbocycles. The Bertz CT molecular complexity index is 861. The first-order valence-electron chi connectivity index (χ1n) is 10.4. The molecule has 1 saturated carbocycles. The van der Waals surface area contributed by atoms with Gasteiger partial charge in [-0.1, -0.05) is 25.3 Å². The third-order valence-corrected chi connectivity index (χ3v) is 6.31. The van der Waals surface area contributed by atoms with Gasteiger partial charge in [0, 0.05) is 30.7 Å². The molecule has 0 unspecified atom stereocenters. The van der Waals surface area contributed by atoms with E-state index in [4.69, 9.17) is 11.6 Å². The molecule has 2 aliphatic heterocycles. The Hall–Kier alpha value is -2.34. The number of anilines is 1. The van der Waals surface area contributed by atoms with Crippen molar-refractivity contribution in [3.8, 4) is 0 Å². The summed E-state index contributed by atoms with van der Waals surface area (Å²) in [5.74, 6) is -0.449. The second-order valence-electron chi connectivity index (χ2n) is 7.95. The van der Waals surface area contributed by atoms with Gasteiger partial charge in [-0.2, -0.15) is 0 Å². The van der Waals surface area contributed by atoms with E-state index in [0.29, 0.717) is 5.88 Å². The highest BCUT2D eigenvalue weighted by Gasteiger charge is 2.40. The Morgan fingerprint density at radius 2 is 1.93 bits per heavy atom. The van der Waals surface area contributed by atoms with Crippen molar-refractivity contribution in [2.75, 3.05) is 23.9 Å². The molecule has 1 N–H and O–H groups in total. The molecule has 7 heteroatoms. The number of alkyl halides is 1. The van der Waals surface area contributed by atoms with Crippen LogP contribution in [0.25, 0.3) is 6.08 Å². The quantitative estimate of drug-likeness (QED) is 0.454. The Kier molecular flexibility index (Phi) is 5.90. The van der Waals surface area contributed by atoms with Crippen molar-refractivity contribution in [3.05, 3.63) is 34.9 Å². The van der Waals surface area contributed by atoms with Crippen molar-refractivity contribution in [1.29, 1.82) is 0 Å². The SMILES string of the molecule is O=C1NC(=O)N(C2CCCCC2)C(=O)/C1=C\c1ccc2c(c1)CCN2CCCCl. The lowest BCUT2D eigenvalue weighted by Gasteiger charge is -2.35. The fourth-order valence-electron chi connectivity index (χ4n) is 4.57. The summed E-state index contributed by atoms with van der Waals surface area (Å²) in [5.41, 5.74) is 3.24. The molecular formula is C22H26ClN3O3. The number of amides is 4. The van der Waals surface area contributed by atoms with Gasteiger partial charge in [-0.3, -0.25) is 19.8 Å². The molecule has 1 saturated heterocycles. The van der Waals surface area contributed by atoms with Gasteiger partial charge in [0.25, 0.3) is 11.8 Å². The molecule has 1 aromatic carbocycles. The van der Waals surface area contributed by atoms with E-state index in [2.05, 4.69) is 10.2 Å². The molecule has 0 spiro atoms. The minimum absolute atomic E-state index is 0.0344. The summed E-state index contributed by atoms with van der Waals surface area (Å²) < 4.78 is 0. The van der Waals surface area contributed by atoms with E-state index in [1.54, 1.807) is 6.08 Å². The van der Waals surface area contributed by atoms with E-state index in [-0.39, 0.29) is 11.6 Å². The van der Waals surface area contributed by atoms with Crippen LogP contribution in [-0.2, 0) is 16.0 Å². The monoisotopic (exact) mass is 415 g/mol. The van der Waals surface area contributed by atoms with Gasteiger partial charge in [0.1, 0.15) is 5.57 Å². The average molecular weight is 416 g/mol. The highest BCUT2D eigenvalue weighted by atomic mass is 35.5. The first kappa shape index (κ1) is 20.0. The predicted molar refractivity (Wildman–Crippen MR) is 113 cm³/mol. The number of imide groups is 2. The summed E-state index contributed by atoms with van der Waals surface area (Å²) >= 11 is 5.81. The molecule has 0 atom stereocenters. The number of hydrogen-bond donors (Lipinski definition) is 1. The van der Waals surface area contributed by atoms with Crippen molar-refractivity contribution in [2.24, 2.45) is 0 Å². The van der Waals surface area contributed by atoms with Crippen molar-refractivity contribution >= 4 is 41.2 Å². The van der Waals surface area contributed by atoms with Crippen LogP contribution in [0.15, 0.2) is 23.8 Å². The van der Waals surface area contributed by atoms with Gasteiger partial charge >= 0.3 is 6.03 Å². The Morgan fingerprint density at radius 1 is 1.14 bits per heavy atom. The van der Waals surface area contributed by atoms with Crippen LogP contribution < -0.4 is 10.2 Å². The van der Waals surface area contributed by atoms with Crippen molar-refractivity contribution in [2.45, 2.75) is 51.0 Å². The van der Waals surface area contributed by atoms with E-state index in [0.717, 1.165) is 63.6 Å². The zero-order valence-corrected chi connectivity index (χ0v) is 17.2. The number of nitrogens with one attached hydrogen (secondary N) is 1. The number of benzene rings is 1.